The number of carboxylic acid groups (broad SMARTS) is 1. The molecule has 1 saturated heterocycles. The quantitative estimate of drug-likeness (QED) is 0.846. The average Bonchev–Trinajstić information content (AvgIpc) is 2.45. The number of piperidine rings is 1. The molecule has 0 bridgehead atoms. The van der Waals surface area contributed by atoms with E-state index in [1.165, 1.54) is 19.3 Å². The highest BCUT2D eigenvalue weighted by molar-refractivity contribution is 5.85. The molecule has 1 fully saturated rings. The van der Waals surface area contributed by atoms with E-state index in [0.717, 1.165) is 30.4 Å². The monoisotopic (exact) mass is 260 g/mol. The number of carbonyl (C=O) groups is 1. The fourth-order valence-corrected chi connectivity index (χ4v) is 2.56. The zero-order chi connectivity index (χ0) is 13.7. The maximum Gasteiger partial charge on any atom is 0.328 e. The van der Waals surface area contributed by atoms with Crippen LogP contribution in [0.25, 0.3) is 6.08 Å². The first kappa shape index (κ1) is 13.6. The zero-order valence-corrected chi connectivity index (χ0v) is 11.2. The van der Waals surface area contributed by atoms with Gasteiger partial charge in [0.25, 0.3) is 0 Å². The first-order valence-electron chi connectivity index (χ1n) is 6.84. The number of rotatable bonds is 4. The Morgan fingerprint density at radius 1 is 1.53 bits per heavy atom. The third-order valence-electron chi connectivity index (χ3n) is 3.58. The van der Waals surface area contributed by atoms with Crippen LogP contribution in [0.5, 0.6) is 0 Å². The molecule has 1 aromatic rings. The molecule has 0 saturated carbocycles. The van der Waals surface area contributed by atoms with Crippen LogP contribution in [0.15, 0.2) is 24.4 Å². The fraction of sp³-hybridized carbons (Fsp3) is 0.467. The molecule has 102 valence electrons. The topological polar surface area (TPSA) is 53.4 Å². The lowest BCUT2D eigenvalue weighted by atomic mass is 10.00. The van der Waals surface area contributed by atoms with Crippen molar-refractivity contribution in [3.05, 3.63) is 30.0 Å². The Hall–Kier alpha value is -1.84. The SMILES string of the molecule is CCC1CCCCN1c1ccc(/C=C/C(=O)O)cn1. The Morgan fingerprint density at radius 2 is 2.37 bits per heavy atom. The Labute approximate surface area is 113 Å². The van der Waals surface area contributed by atoms with Crippen LogP contribution >= 0.6 is 0 Å². The number of hydrogen-bond donors (Lipinski definition) is 1. The molecule has 1 atom stereocenters. The number of hydrogen-bond acceptors (Lipinski definition) is 3. The summed E-state index contributed by atoms with van der Waals surface area (Å²) in [5, 5.41) is 8.58. The van der Waals surface area contributed by atoms with Crippen LogP contribution in [0.3, 0.4) is 0 Å². The lowest BCUT2D eigenvalue weighted by Crippen LogP contribution is -2.39. The highest BCUT2D eigenvalue weighted by atomic mass is 16.4. The molecular formula is C15H20N2O2. The van der Waals surface area contributed by atoms with Crippen molar-refractivity contribution in [3.63, 3.8) is 0 Å². The van der Waals surface area contributed by atoms with E-state index in [1.807, 2.05) is 12.1 Å². The van der Waals surface area contributed by atoms with Crippen LogP contribution in [-0.4, -0.2) is 28.6 Å². The van der Waals surface area contributed by atoms with E-state index in [4.69, 9.17) is 5.11 Å². The molecule has 0 radical (unpaired) electrons. The van der Waals surface area contributed by atoms with Gasteiger partial charge in [0.1, 0.15) is 5.82 Å². The third kappa shape index (κ3) is 3.56. The second-order valence-corrected chi connectivity index (χ2v) is 4.87. The van der Waals surface area contributed by atoms with Crippen molar-refractivity contribution >= 4 is 17.9 Å². The van der Waals surface area contributed by atoms with Crippen molar-refractivity contribution in [2.45, 2.75) is 38.6 Å². The molecule has 1 aromatic heterocycles. The van der Waals surface area contributed by atoms with Gasteiger partial charge in [-0.2, -0.15) is 0 Å². The van der Waals surface area contributed by atoms with Gasteiger partial charge in [-0.15, -0.1) is 0 Å². The molecule has 1 unspecified atom stereocenters. The maximum absolute atomic E-state index is 10.5. The predicted octanol–water partition coefficient (Wildman–Crippen LogP) is 2.95. The molecular weight excluding hydrogens is 240 g/mol. The second-order valence-electron chi connectivity index (χ2n) is 4.87. The number of aromatic nitrogens is 1. The smallest absolute Gasteiger partial charge is 0.328 e. The summed E-state index contributed by atoms with van der Waals surface area (Å²) in [6, 6.07) is 4.49. The molecule has 1 aliphatic rings. The predicted molar refractivity (Wildman–Crippen MR) is 76.2 cm³/mol. The minimum Gasteiger partial charge on any atom is -0.478 e. The lowest BCUT2D eigenvalue weighted by Gasteiger charge is -2.36. The lowest BCUT2D eigenvalue weighted by molar-refractivity contribution is -0.131. The number of carboxylic acids is 1. The largest absolute Gasteiger partial charge is 0.478 e. The first-order chi connectivity index (χ1) is 9.20. The molecule has 4 heteroatoms. The molecule has 2 rings (SSSR count). The summed E-state index contributed by atoms with van der Waals surface area (Å²) in [5.74, 6) is 0.0604. The van der Waals surface area contributed by atoms with Gasteiger partial charge in [0.05, 0.1) is 0 Å². The van der Waals surface area contributed by atoms with Gasteiger partial charge in [-0.1, -0.05) is 6.92 Å². The van der Waals surface area contributed by atoms with E-state index in [9.17, 15) is 4.79 Å². The van der Waals surface area contributed by atoms with Gasteiger partial charge in [-0.05, 0) is 49.5 Å². The molecule has 0 aromatic carbocycles. The molecule has 0 aliphatic carbocycles. The van der Waals surface area contributed by atoms with Crippen molar-refractivity contribution in [3.8, 4) is 0 Å². The number of aliphatic carboxylic acids is 1. The highest BCUT2D eigenvalue weighted by Crippen LogP contribution is 2.24. The van der Waals surface area contributed by atoms with E-state index in [1.54, 1.807) is 12.3 Å². The molecule has 1 N–H and O–H groups in total. The normalized spacial score (nSPS) is 19.8. The van der Waals surface area contributed by atoms with Crippen molar-refractivity contribution in [1.29, 1.82) is 0 Å². The minimum atomic E-state index is -0.939. The van der Waals surface area contributed by atoms with E-state index in [0.29, 0.717) is 6.04 Å². The Morgan fingerprint density at radius 3 is 3.00 bits per heavy atom. The number of anilines is 1. The zero-order valence-electron chi connectivity index (χ0n) is 11.2. The van der Waals surface area contributed by atoms with Crippen LogP contribution in [0.2, 0.25) is 0 Å². The van der Waals surface area contributed by atoms with Gasteiger partial charge in [0.2, 0.25) is 0 Å². The standard InChI is InChI=1S/C15H20N2O2/c1-2-13-5-3-4-10-17(13)14-8-6-12(11-16-14)7-9-15(18)19/h6-9,11,13H,2-5,10H2,1H3,(H,18,19)/b9-7+. The van der Waals surface area contributed by atoms with Gasteiger partial charge in [0, 0.05) is 24.9 Å². The van der Waals surface area contributed by atoms with Gasteiger partial charge in [-0.25, -0.2) is 9.78 Å². The first-order valence-corrected chi connectivity index (χ1v) is 6.84. The fourth-order valence-electron chi connectivity index (χ4n) is 2.56. The van der Waals surface area contributed by atoms with Crippen LogP contribution in [0.1, 0.15) is 38.2 Å². The molecule has 4 nitrogen and oxygen atoms in total. The molecule has 19 heavy (non-hydrogen) atoms. The molecule has 0 spiro atoms. The van der Waals surface area contributed by atoms with Crippen LogP contribution in [-0.2, 0) is 4.79 Å². The summed E-state index contributed by atoms with van der Waals surface area (Å²) >= 11 is 0. The van der Waals surface area contributed by atoms with Gasteiger partial charge in [-0.3, -0.25) is 0 Å². The van der Waals surface area contributed by atoms with E-state index in [2.05, 4.69) is 16.8 Å². The van der Waals surface area contributed by atoms with Crippen LogP contribution < -0.4 is 4.90 Å². The van der Waals surface area contributed by atoms with E-state index >= 15 is 0 Å². The van der Waals surface area contributed by atoms with Crippen molar-refractivity contribution < 1.29 is 9.90 Å². The molecule has 2 heterocycles. The number of nitrogens with zero attached hydrogens (tertiary/aromatic N) is 2. The average molecular weight is 260 g/mol. The highest BCUT2D eigenvalue weighted by Gasteiger charge is 2.21. The minimum absolute atomic E-state index is 0.585. The van der Waals surface area contributed by atoms with Crippen LogP contribution in [0.4, 0.5) is 5.82 Å². The Balaban J connectivity index is 2.10. The van der Waals surface area contributed by atoms with Crippen molar-refractivity contribution in [1.82, 2.24) is 4.98 Å². The maximum atomic E-state index is 10.5. The van der Waals surface area contributed by atoms with Gasteiger partial charge in [0.15, 0.2) is 0 Å². The summed E-state index contributed by atoms with van der Waals surface area (Å²) in [6.45, 7) is 3.28. The summed E-state index contributed by atoms with van der Waals surface area (Å²) in [4.78, 5) is 17.3. The van der Waals surface area contributed by atoms with Gasteiger partial charge >= 0.3 is 5.97 Å². The Bertz CT molecular complexity index is 454. The summed E-state index contributed by atoms with van der Waals surface area (Å²) < 4.78 is 0. The van der Waals surface area contributed by atoms with Crippen molar-refractivity contribution in [2.24, 2.45) is 0 Å². The van der Waals surface area contributed by atoms with Crippen LogP contribution in [0, 0.1) is 0 Å². The molecule has 1 aliphatic heterocycles. The third-order valence-corrected chi connectivity index (χ3v) is 3.58. The van der Waals surface area contributed by atoms with Gasteiger partial charge < -0.3 is 10.0 Å². The summed E-state index contributed by atoms with van der Waals surface area (Å²) in [6.07, 6.45) is 9.32. The summed E-state index contributed by atoms with van der Waals surface area (Å²) in [5.41, 5.74) is 0.816. The number of pyridine rings is 1. The van der Waals surface area contributed by atoms with Crippen molar-refractivity contribution in [2.75, 3.05) is 11.4 Å². The molecule has 0 amide bonds. The Kier molecular flexibility index (Phi) is 4.55. The van der Waals surface area contributed by atoms with E-state index in [-0.39, 0.29) is 0 Å². The summed E-state index contributed by atoms with van der Waals surface area (Å²) in [7, 11) is 0. The van der Waals surface area contributed by atoms with E-state index < -0.39 is 5.97 Å². The second kappa shape index (κ2) is 6.36.